The van der Waals surface area contributed by atoms with Gasteiger partial charge in [0.25, 0.3) is 0 Å². The van der Waals surface area contributed by atoms with E-state index in [4.69, 9.17) is 4.42 Å². The summed E-state index contributed by atoms with van der Waals surface area (Å²) >= 11 is 0. The van der Waals surface area contributed by atoms with Gasteiger partial charge in [-0.05, 0) is 25.7 Å². The summed E-state index contributed by atoms with van der Waals surface area (Å²) in [6, 6.07) is 0.460. The van der Waals surface area contributed by atoms with Crippen LogP contribution < -0.4 is 4.90 Å². The zero-order chi connectivity index (χ0) is 13.8. The first kappa shape index (κ1) is 14.1. The summed E-state index contributed by atoms with van der Waals surface area (Å²) < 4.78 is 5.43. The number of carbonyl (C=O) groups excluding carboxylic acids is 1. The first-order valence-corrected chi connectivity index (χ1v) is 7.31. The number of hydrogen-bond donors (Lipinski definition) is 0. The monoisotopic (exact) mass is 264 g/mol. The summed E-state index contributed by atoms with van der Waals surface area (Å²) in [6.45, 7) is 6.47. The van der Waals surface area contributed by atoms with Gasteiger partial charge in [-0.2, -0.15) is 4.98 Å². The minimum Gasteiger partial charge on any atom is -0.431 e. The van der Waals surface area contributed by atoms with Crippen LogP contribution in [0.5, 0.6) is 0 Å². The summed E-state index contributed by atoms with van der Waals surface area (Å²) in [6.07, 6.45) is 7.91. The van der Waals surface area contributed by atoms with Crippen LogP contribution in [0.1, 0.15) is 51.6 Å². The van der Waals surface area contributed by atoms with Crippen molar-refractivity contribution in [2.75, 3.05) is 11.4 Å². The summed E-state index contributed by atoms with van der Waals surface area (Å²) in [5, 5.41) is 0. The van der Waals surface area contributed by atoms with Crippen molar-refractivity contribution in [2.24, 2.45) is 11.8 Å². The molecule has 1 heterocycles. The molecule has 4 nitrogen and oxygen atoms in total. The third-order valence-corrected chi connectivity index (χ3v) is 3.76. The first-order valence-electron chi connectivity index (χ1n) is 7.31. The van der Waals surface area contributed by atoms with Gasteiger partial charge in [-0.1, -0.05) is 33.1 Å². The number of anilines is 1. The number of aromatic nitrogens is 1. The lowest BCUT2D eigenvalue weighted by Crippen LogP contribution is -2.38. The molecule has 1 aromatic heterocycles. The third-order valence-electron chi connectivity index (χ3n) is 3.76. The number of hydrogen-bond acceptors (Lipinski definition) is 3. The molecule has 1 aliphatic carbocycles. The quantitative estimate of drug-likeness (QED) is 0.835. The molecule has 1 fully saturated rings. The maximum absolute atomic E-state index is 12.4. The number of carbonyl (C=O) groups is 1. The second-order valence-corrected chi connectivity index (χ2v) is 5.88. The van der Waals surface area contributed by atoms with E-state index in [9.17, 15) is 4.79 Å². The molecule has 1 amide bonds. The Labute approximate surface area is 115 Å². The predicted octanol–water partition coefficient (Wildman–Crippen LogP) is 3.55. The Bertz CT molecular complexity index is 420. The molecule has 19 heavy (non-hydrogen) atoms. The van der Waals surface area contributed by atoms with Gasteiger partial charge in [-0.3, -0.25) is 9.69 Å². The average Bonchev–Trinajstić information content (AvgIpc) is 2.83. The van der Waals surface area contributed by atoms with Crippen molar-refractivity contribution in [1.82, 2.24) is 4.98 Å². The minimum atomic E-state index is -0.0317. The summed E-state index contributed by atoms with van der Waals surface area (Å²) in [7, 11) is 0. The Hall–Kier alpha value is -1.32. The van der Waals surface area contributed by atoms with Gasteiger partial charge in [-0.15, -0.1) is 0 Å². The molecule has 4 heteroatoms. The number of rotatable bonds is 4. The highest BCUT2D eigenvalue weighted by Gasteiger charge is 2.26. The van der Waals surface area contributed by atoms with Crippen molar-refractivity contribution in [3.8, 4) is 0 Å². The fourth-order valence-electron chi connectivity index (χ4n) is 2.67. The van der Waals surface area contributed by atoms with Crippen molar-refractivity contribution >= 4 is 11.9 Å². The van der Waals surface area contributed by atoms with Crippen LogP contribution in [-0.4, -0.2) is 17.4 Å². The van der Waals surface area contributed by atoms with Crippen molar-refractivity contribution in [3.63, 3.8) is 0 Å². The van der Waals surface area contributed by atoms with E-state index in [1.807, 2.05) is 20.8 Å². The van der Waals surface area contributed by atoms with Gasteiger partial charge in [-0.25, -0.2) is 0 Å². The van der Waals surface area contributed by atoms with E-state index in [0.717, 1.165) is 12.2 Å². The van der Waals surface area contributed by atoms with Crippen molar-refractivity contribution < 1.29 is 9.21 Å². The molecule has 0 spiro atoms. The topological polar surface area (TPSA) is 46.3 Å². The molecule has 1 aromatic rings. The van der Waals surface area contributed by atoms with Crippen LogP contribution >= 0.6 is 0 Å². The molecule has 1 saturated carbocycles. The van der Waals surface area contributed by atoms with Gasteiger partial charge in [0.15, 0.2) is 0 Å². The maximum Gasteiger partial charge on any atom is 0.304 e. The van der Waals surface area contributed by atoms with Gasteiger partial charge in [0.1, 0.15) is 6.26 Å². The zero-order valence-electron chi connectivity index (χ0n) is 12.2. The highest BCUT2D eigenvalue weighted by molar-refractivity contribution is 5.92. The lowest BCUT2D eigenvalue weighted by Gasteiger charge is -2.28. The van der Waals surface area contributed by atoms with Gasteiger partial charge >= 0.3 is 6.01 Å². The van der Waals surface area contributed by atoms with Crippen LogP contribution in [0.4, 0.5) is 6.01 Å². The molecule has 0 saturated heterocycles. The third kappa shape index (κ3) is 3.58. The van der Waals surface area contributed by atoms with E-state index in [1.165, 1.54) is 32.1 Å². The molecule has 0 N–H and O–H groups in total. The fourth-order valence-corrected chi connectivity index (χ4v) is 2.67. The lowest BCUT2D eigenvalue weighted by molar-refractivity contribution is -0.121. The summed E-state index contributed by atoms with van der Waals surface area (Å²) in [4.78, 5) is 18.4. The van der Waals surface area contributed by atoms with Gasteiger partial charge in [0.05, 0.1) is 5.69 Å². The van der Waals surface area contributed by atoms with E-state index >= 15 is 0 Å². The molecule has 0 atom stereocenters. The minimum absolute atomic E-state index is 0.0317. The summed E-state index contributed by atoms with van der Waals surface area (Å²) in [5.74, 6) is 0.659. The Morgan fingerprint density at radius 1 is 1.42 bits per heavy atom. The largest absolute Gasteiger partial charge is 0.431 e. The highest BCUT2D eigenvalue weighted by Crippen LogP contribution is 2.27. The molecule has 2 rings (SSSR count). The molecule has 0 radical (unpaired) electrons. The molecule has 106 valence electrons. The van der Waals surface area contributed by atoms with Crippen LogP contribution in [0, 0.1) is 18.8 Å². The molecular weight excluding hydrogens is 240 g/mol. The predicted molar refractivity (Wildman–Crippen MR) is 75.0 cm³/mol. The highest BCUT2D eigenvalue weighted by atomic mass is 16.4. The maximum atomic E-state index is 12.4. The SMILES string of the molecule is Cc1coc(N(CC2CCCCC2)C(=O)C(C)C)n1. The zero-order valence-corrected chi connectivity index (χ0v) is 12.2. The second kappa shape index (κ2) is 6.22. The lowest BCUT2D eigenvalue weighted by atomic mass is 9.89. The number of aryl methyl sites for hydroxylation is 1. The van der Waals surface area contributed by atoms with Crippen LogP contribution in [-0.2, 0) is 4.79 Å². The molecule has 0 aromatic carbocycles. The fraction of sp³-hybridized carbons (Fsp3) is 0.733. The van der Waals surface area contributed by atoms with Crippen LogP contribution in [0.3, 0.4) is 0 Å². The first-order chi connectivity index (χ1) is 9.08. The standard InChI is InChI=1S/C15H24N2O2/c1-11(2)14(18)17(15-16-12(3)10-19-15)9-13-7-5-4-6-8-13/h10-11,13H,4-9H2,1-3H3. The van der Waals surface area contributed by atoms with Gasteiger partial charge in [0, 0.05) is 12.5 Å². The van der Waals surface area contributed by atoms with Crippen molar-refractivity contribution in [3.05, 3.63) is 12.0 Å². The normalized spacial score (nSPS) is 16.8. The van der Waals surface area contributed by atoms with Crippen LogP contribution in [0.2, 0.25) is 0 Å². The van der Waals surface area contributed by atoms with E-state index < -0.39 is 0 Å². The number of oxazole rings is 1. The summed E-state index contributed by atoms with van der Waals surface area (Å²) in [5.41, 5.74) is 0.820. The van der Waals surface area contributed by atoms with Crippen molar-refractivity contribution in [1.29, 1.82) is 0 Å². The Morgan fingerprint density at radius 3 is 2.63 bits per heavy atom. The van der Waals surface area contributed by atoms with E-state index in [1.54, 1.807) is 11.2 Å². The molecular formula is C15H24N2O2. The van der Waals surface area contributed by atoms with Gasteiger partial charge in [0.2, 0.25) is 5.91 Å². The van der Waals surface area contributed by atoms with E-state index in [-0.39, 0.29) is 11.8 Å². The van der Waals surface area contributed by atoms with Gasteiger partial charge < -0.3 is 4.42 Å². The Kier molecular flexibility index (Phi) is 4.61. The van der Waals surface area contributed by atoms with E-state index in [2.05, 4.69) is 4.98 Å². The van der Waals surface area contributed by atoms with Crippen molar-refractivity contribution in [2.45, 2.75) is 52.9 Å². The van der Waals surface area contributed by atoms with E-state index in [0.29, 0.717) is 11.9 Å². The molecule has 0 unspecified atom stereocenters. The average molecular weight is 264 g/mol. The number of amides is 1. The molecule has 0 bridgehead atoms. The Morgan fingerprint density at radius 2 is 2.11 bits per heavy atom. The molecule has 1 aliphatic rings. The molecule has 0 aliphatic heterocycles. The Balaban J connectivity index is 2.11. The van der Waals surface area contributed by atoms with Crippen LogP contribution in [0.15, 0.2) is 10.7 Å². The smallest absolute Gasteiger partial charge is 0.304 e. The number of nitrogens with zero attached hydrogens (tertiary/aromatic N) is 2. The van der Waals surface area contributed by atoms with Crippen LogP contribution in [0.25, 0.3) is 0 Å². The second-order valence-electron chi connectivity index (χ2n) is 5.88.